The first-order valence-electron chi connectivity index (χ1n) is 16.9. The number of rotatable bonds is 7. The number of fused-ring (bicyclic) bond motifs is 1. The lowest BCUT2D eigenvalue weighted by Gasteiger charge is -2.43. The van der Waals surface area contributed by atoms with Crippen molar-refractivity contribution in [3.63, 3.8) is 0 Å². The van der Waals surface area contributed by atoms with E-state index in [1.54, 1.807) is 0 Å². The number of piperazine rings is 1. The second-order valence-electron chi connectivity index (χ2n) is 13.6. The van der Waals surface area contributed by atoms with Gasteiger partial charge in [-0.1, -0.05) is 35.9 Å². The van der Waals surface area contributed by atoms with Crippen molar-refractivity contribution in [2.45, 2.75) is 64.1 Å². The van der Waals surface area contributed by atoms with Crippen LogP contribution in [0.2, 0.25) is 5.02 Å². The van der Waals surface area contributed by atoms with Crippen LogP contribution in [0.3, 0.4) is 0 Å². The van der Waals surface area contributed by atoms with Gasteiger partial charge in [0, 0.05) is 83.1 Å². The number of piperidine rings is 2. The Morgan fingerprint density at radius 2 is 1.59 bits per heavy atom. The van der Waals surface area contributed by atoms with Crippen molar-refractivity contribution in [2.24, 2.45) is 5.92 Å². The van der Waals surface area contributed by atoms with E-state index in [1.807, 2.05) is 58.0 Å². The monoisotopic (exact) mass is 649 g/mol. The topological polar surface area (TPSA) is 105 Å². The highest BCUT2D eigenvalue weighted by molar-refractivity contribution is 6.33. The molecule has 4 amide bonds. The van der Waals surface area contributed by atoms with Crippen LogP contribution in [-0.4, -0.2) is 114 Å². The number of urea groups is 1. The zero-order valence-corrected chi connectivity index (χ0v) is 28.0. The zero-order chi connectivity index (χ0) is 32.4. The number of nitrogens with zero attached hydrogens (tertiary/aromatic N) is 5. The quantitative estimate of drug-likeness (QED) is 0.439. The van der Waals surface area contributed by atoms with E-state index in [1.165, 1.54) is 0 Å². The number of benzene rings is 2. The Hall–Kier alpha value is -3.34. The highest BCUT2D eigenvalue weighted by Gasteiger charge is 2.36. The molecule has 3 saturated heterocycles. The summed E-state index contributed by atoms with van der Waals surface area (Å²) in [6, 6.07) is 12.2. The SMILES string of the molecule is Cc1cc(C[C@@H](CC(=O)N2CCC(N3Cc4ccccc4NC3=O)CC2)C(=O)N2CCC(N3CCN(C)CC3)CC2)cc(Cl)c1N. The predicted molar refractivity (Wildman–Crippen MR) is 182 cm³/mol. The maximum Gasteiger partial charge on any atom is 0.322 e. The number of carbonyl (C=O) groups is 3. The van der Waals surface area contributed by atoms with Gasteiger partial charge in [-0.3, -0.25) is 14.5 Å². The van der Waals surface area contributed by atoms with Crippen LogP contribution < -0.4 is 11.1 Å². The van der Waals surface area contributed by atoms with Crippen LogP contribution in [0.15, 0.2) is 36.4 Å². The Labute approximate surface area is 277 Å². The number of likely N-dealkylation sites (tertiary alicyclic amines) is 2. The normalized spacial score (nSPS) is 21.2. The molecule has 46 heavy (non-hydrogen) atoms. The number of hydrogen-bond acceptors (Lipinski definition) is 6. The number of nitrogens with two attached hydrogens (primary N) is 1. The molecular formula is C35H48ClN7O3. The van der Waals surface area contributed by atoms with E-state index >= 15 is 0 Å². The van der Waals surface area contributed by atoms with Gasteiger partial charge >= 0.3 is 6.03 Å². The Morgan fingerprint density at radius 3 is 2.28 bits per heavy atom. The van der Waals surface area contributed by atoms with Crippen molar-refractivity contribution in [2.75, 3.05) is 70.5 Å². The second-order valence-corrected chi connectivity index (χ2v) is 14.0. The molecule has 0 saturated carbocycles. The minimum atomic E-state index is -0.478. The third-order valence-corrected chi connectivity index (χ3v) is 10.9. The minimum absolute atomic E-state index is 0.00386. The fraction of sp³-hybridized carbons (Fsp3) is 0.571. The summed E-state index contributed by atoms with van der Waals surface area (Å²) in [6.07, 6.45) is 3.95. The molecule has 4 aliphatic heterocycles. The van der Waals surface area contributed by atoms with Crippen molar-refractivity contribution in [3.8, 4) is 0 Å². The first-order valence-corrected chi connectivity index (χ1v) is 17.2. The number of nitrogens with one attached hydrogen (secondary N) is 1. The second kappa shape index (κ2) is 14.2. The molecule has 0 aliphatic carbocycles. The first-order chi connectivity index (χ1) is 22.2. The van der Waals surface area contributed by atoms with Gasteiger partial charge in [-0.05, 0) is 74.9 Å². The average molecular weight is 650 g/mol. The highest BCUT2D eigenvalue weighted by Crippen LogP contribution is 2.30. The summed E-state index contributed by atoms with van der Waals surface area (Å²) in [4.78, 5) is 51.5. The molecule has 10 nitrogen and oxygen atoms in total. The van der Waals surface area contributed by atoms with E-state index in [-0.39, 0.29) is 30.3 Å². The van der Waals surface area contributed by atoms with Gasteiger partial charge in [-0.2, -0.15) is 0 Å². The lowest BCUT2D eigenvalue weighted by atomic mass is 9.91. The van der Waals surface area contributed by atoms with Gasteiger partial charge in [-0.15, -0.1) is 0 Å². The molecule has 3 fully saturated rings. The fourth-order valence-electron chi connectivity index (χ4n) is 7.66. The molecule has 4 heterocycles. The molecule has 248 valence electrons. The number of anilines is 2. The third kappa shape index (κ3) is 7.29. The molecule has 0 aromatic heterocycles. The first kappa shape index (κ1) is 32.6. The predicted octanol–water partition coefficient (Wildman–Crippen LogP) is 4.06. The zero-order valence-electron chi connectivity index (χ0n) is 27.2. The number of likely N-dealkylation sites (N-methyl/N-ethyl adjacent to an activating group) is 1. The van der Waals surface area contributed by atoms with Crippen molar-refractivity contribution < 1.29 is 14.4 Å². The van der Waals surface area contributed by atoms with Crippen LogP contribution in [0, 0.1) is 12.8 Å². The summed E-state index contributed by atoms with van der Waals surface area (Å²) < 4.78 is 0. The molecular weight excluding hydrogens is 602 g/mol. The standard InChI is InChI=1S/C35H48ClN7O3/c1-24-19-25(21-30(36)33(24)37)20-27(34(45)42-13-7-28(8-14-42)40-17-15-39(2)16-18-40)22-32(44)41-11-9-29(10-12-41)43-23-26-5-3-4-6-31(26)38-35(43)46/h3-6,19,21,27-29H,7-18,20,22-23,37H2,1-2H3,(H,38,46)/t27-/m0/s1. The fourth-order valence-corrected chi connectivity index (χ4v) is 7.95. The number of carbonyl (C=O) groups excluding carboxylic acids is 3. The smallest absolute Gasteiger partial charge is 0.322 e. The molecule has 0 radical (unpaired) electrons. The maximum absolute atomic E-state index is 14.1. The van der Waals surface area contributed by atoms with E-state index < -0.39 is 5.92 Å². The van der Waals surface area contributed by atoms with Crippen molar-refractivity contribution in [1.29, 1.82) is 0 Å². The number of halogens is 1. The number of para-hydroxylation sites is 1. The molecule has 11 heteroatoms. The summed E-state index contributed by atoms with van der Waals surface area (Å²) in [5.41, 5.74) is 10.4. The van der Waals surface area contributed by atoms with Crippen LogP contribution in [0.1, 0.15) is 48.8 Å². The van der Waals surface area contributed by atoms with E-state index in [4.69, 9.17) is 17.3 Å². The van der Waals surface area contributed by atoms with Crippen LogP contribution in [0.5, 0.6) is 0 Å². The molecule has 3 N–H and O–H groups in total. The molecule has 0 bridgehead atoms. The Bertz CT molecular complexity index is 1410. The summed E-state index contributed by atoms with van der Waals surface area (Å²) >= 11 is 6.44. The molecule has 0 unspecified atom stereocenters. The lowest BCUT2D eigenvalue weighted by Crippen LogP contribution is -2.54. The van der Waals surface area contributed by atoms with Crippen LogP contribution >= 0.6 is 11.6 Å². The number of hydrogen-bond donors (Lipinski definition) is 2. The van der Waals surface area contributed by atoms with Crippen LogP contribution in [-0.2, 0) is 22.6 Å². The molecule has 0 spiro atoms. The van der Waals surface area contributed by atoms with Crippen LogP contribution in [0.4, 0.5) is 16.2 Å². The molecule has 2 aromatic rings. The van der Waals surface area contributed by atoms with Gasteiger partial charge in [0.15, 0.2) is 0 Å². The van der Waals surface area contributed by atoms with E-state index in [9.17, 15) is 14.4 Å². The molecule has 1 atom stereocenters. The highest BCUT2D eigenvalue weighted by atomic mass is 35.5. The molecule has 6 rings (SSSR count). The number of nitrogen functional groups attached to an aromatic ring is 1. The van der Waals surface area contributed by atoms with Gasteiger partial charge in [0.2, 0.25) is 11.8 Å². The number of aryl methyl sites for hydroxylation is 1. The minimum Gasteiger partial charge on any atom is -0.397 e. The summed E-state index contributed by atoms with van der Waals surface area (Å²) in [5.74, 6) is -0.431. The van der Waals surface area contributed by atoms with Gasteiger partial charge in [0.25, 0.3) is 0 Å². The molecule has 4 aliphatic rings. The molecule has 2 aromatic carbocycles. The van der Waals surface area contributed by atoms with Crippen molar-refractivity contribution in [1.82, 2.24) is 24.5 Å². The van der Waals surface area contributed by atoms with E-state index in [2.05, 4.69) is 22.2 Å². The average Bonchev–Trinajstić information content (AvgIpc) is 3.06. The van der Waals surface area contributed by atoms with E-state index in [0.717, 1.165) is 61.4 Å². The summed E-state index contributed by atoms with van der Waals surface area (Å²) in [5, 5.41) is 3.49. The Balaban J connectivity index is 1.09. The Morgan fingerprint density at radius 1 is 0.935 bits per heavy atom. The van der Waals surface area contributed by atoms with Crippen molar-refractivity contribution in [3.05, 3.63) is 58.1 Å². The maximum atomic E-state index is 14.1. The lowest BCUT2D eigenvalue weighted by molar-refractivity contribution is -0.143. The van der Waals surface area contributed by atoms with E-state index in [0.29, 0.717) is 68.7 Å². The van der Waals surface area contributed by atoms with Gasteiger partial charge in [0.1, 0.15) is 0 Å². The summed E-state index contributed by atoms with van der Waals surface area (Å²) in [7, 11) is 2.17. The third-order valence-electron chi connectivity index (χ3n) is 10.6. The summed E-state index contributed by atoms with van der Waals surface area (Å²) in [6.45, 7) is 9.40. The van der Waals surface area contributed by atoms with Gasteiger partial charge in [0.05, 0.1) is 16.6 Å². The Kier molecular flexibility index (Phi) is 10.1. The van der Waals surface area contributed by atoms with Crippen LogP contribution in [0.25, 0.3) is 0 Å². The largest absolute Gasteiger partial charge is 0.397 e. The number of amides is 4. The van der Waals surface area contributed by atoms with Gasteiger partial charge in [-0.25, -0.2) is 4.79 Å². The van der Waals surface area contributed by atoms with Gasteiger partial charge < -0.3 is 30.7 Å². The van der Waals surface area contributed by atoms with Crippen molar-refractivity contribution >= 4 is 40.8 Å².